The maximum absolute atomic E-state index is 13.8. The number of benzene rings is 2. The van der Waals surface area contributed by atoms with E-state index >= 15 is 0 Å². The number of para-hydroxylation sites is 1. The van der Waals surface area contributed by atoms with Crippen molar-refractivity contribution in [2.75, 3.05) is 12.0 Å². The van der Waals surface area contributed by atoms with E-state index in [-0.39, 0.29) is 12.2 Å². The molecule has 0 atom stereocenters. The van der Waals surface area contributed by atoms with Gasteiger partial charge in [-0.1, -0.05) is 24.3 Å². The summed E-state index contributed by atoms with van der Waals surface area (Å²) >= 11 is 0. The molecule has 2 aromatic carbocycles. The fourth-order valence-corrected chi connectivity index (χ4v) is 2.02. The van der Waals surface area contributed by atoms with Gasteiger partial charge in [0, 0.05) is 0 Å². The number of halogens is 1. The van der Waals surface area contributed by atoms with Crippen molar-refractivity contribution in [1.29, 1.82) is 0 Å². The van der Waals surface area contributed by atoms with E-state index in [1.54, 1.807) is 24.3 Å². The van der Waals surface area contributed by atoms with Crippen LogP contribution in [0.4, 0.5) is 14.9 Å². The number of amides is 1. The molecule has 5 nitrogen and oxygen atoms in total. The zero-order chi connectivity index (χ0) is 16.1. The Balaban J connectivity index is 2.32. The Morgan fingerprint density at radius 1 is 1.18 bits per heavy atom. The van der Waals surface area contributed by atoms with E-state index in [1.807, 2.05) is 0 Å². The number of hydrogen-bond acceptors (Lipinski definition) is 3. The smallest absolute Gasteiger partial charge is 0.412 e. The van der Waals surface area contributed by atoms with Gasteiger partial charge in [0.2, 0.25) is 0 Å². The Labute approximate surface area is 126 Å². The average Bonchev–Trinajstić information content (AvgIpc) is 2.52. The lowest BCUT2D eigenvalue weighted by atomic mass is 10.1. The number of carboxylic acid groups (broad SMARTS) is 1. The summed E-state index contributed by atoms with van der Waals surface area (Å²) in [5.74, 6) is -1.15. The molecule has 0 radical (unpaired) electrons. The van der Waals surface area contributed by atoms with E-state index in [0.29, 0.717) is 11.1 Å². The highest BCUT2D eigenvalue weighted by Gasteiger charge is 2.18. The zero-order valence-corrected chi connectivity index (χ0v) is 11.8. The van der Waals surface area contributed by atoms with Gasteiger partial charge in [0.1, 0.15) is 5.82 Å². The molecule has 0 aliphatic carbocycles. The third kappa shape index (κ3) is 3.41. The number of anilines is 1. The van der Waals surface area contributed by atoms with Crippen molar-refractivity contribution in [3.8, 4) is 0 Å². The van der Waals surface area contributed by atoms with Gasteiger partial charge >= 0.3 is 12.1 Å². The number of esters is 1. The molecular weight excluding hydrogens is 289 g/mol. The second-order valence-corrected chi connectivity index (χ2v) is 4.51. The topological polar surface area (TPSA) is 66.8 Å². The standard InChI is InChI=1S/C16H14FNO4/c1-22-15(19)12-6-4-5-11(9-12)10-18(16(20)21)14-8-3-2-7-13(14)17/h2-9H,10H2,1H3,(H,20,21). The summed E-state index contributed by atoms with van der Waals surface area (Å²) in [7, 11) is 1.26. The minimum absolute atomic E-state index is 0.0431. The fourth-order valence-electron chi connectivity index (χ4n) is 2.02. The predicted octanol–water partition coefficient (Wildman–Crippen LogP) is 3.30. The number of carbonyl (C=O) groups excluding carboxylic acids is 1. The van der Waals surface area contributed by atoms with Gasteiger partial charge in [0.25, 0.3) is 0 Å². The third-order valence-corrected chi connectivity index (χ3v) is 3.06. The quantitative estimate of drug-likeness (QED) is 0.880. The van der Waals surface area contributed by atoms with Crippen molar-refractivity contribution in [3.05, 3.63) is 65.5 Å². The number of hydrogen-bond donors (Lipinski definition) is 1. The SMILES string of the molecule is COC(=O)c1cccc(CN(C(=O)O)c2ccccc2F)c1. The van der Waals surface area contributed by atoms with Gasteiger partial charge in [0.15, 0.2) is 0 Å². The van der Waals surface area contributed by atoms with Crippen molar-refractivity contribution >= 4 is 17.7 Å². The van der Waals surface area contributed by atoms with Gasteiger partial charge in [-0.15, -0.1) is 0 Å². The molecule has 2 rings (SSSR count). The molecular formula is C16H14FNO4. The number of rotatable bonds is 4. The molecule has 0 aliphatic rings. The first-order chi connectivity index (χ1) is 10.5. The molecule has 1 amide bonds. The Morgan fingerprint density at radius 3 is 2.55 bits per heavy atom. The van der Waals surface area contributed by atoms with Gasteiger partial charge in [-0.3, -0.25) is 4.90 Å². The van der Waals surface area contributed by atoms with Gasteiger partial charge in [-0.05, 0) is 29.8 Å². The second-order valence-electron chi connectivity index (χ2n) is 4.51. The highest BCUT2D eigenvalue weighted by atomic mass is 19.1. The van der Waals surface area contributed by atoms with Crippen LogP contribution in [0.15, 0.2) is 48.5 Å². The molecule has 114 valence electrons. The Bertz CT molecular complexity index is 702. The lowest BCUT2D eigenvalue weighted by molar-refractivity contribution is 0.0600. The second kappa shape index (κ2) is 6.71. The van der Waals surface area contributed by atoms with Crippen molar-refractivity contribution in [3.63, 3.8) is 0 Å². The van der Waals surface area contributed by atoms with Crippen molar-refractivity contribution in [2.24, 2.45) is 0 Å². The largest absolute Gasteiger partial charge is 0.465 e. The molecule has 22 heavy (non-hydrogen) atoms. The minimum atomic E-state index is -1.28. The van der Waals surface area contributed by atoms with E-state index in [4.69, 9.17) is 0 Å². The van der Waals surface area contributed by atoms with Crippen LogP contribution in [0.3, 0.4) is 0 Å². The van der Waals surface area contributed by atoms with Crippen LogP contribution in [0.2, 0.25) is 0 Å². The summed E-state index contributed by atoms with van der Waals surface area (Å²) in [4.78, 5) is 23.8. The lowest BCUT2D eigenvalue weighted by Crippen LogP contribution is -2.29. The van der Waals surface area contributed by atoms with Crippen LogP contribution in [0.5, 0.6) is 0 Å². The van der Waals surface area contributed by atoms with Gasteiger partial charge in [0.05, 0.1) is 24.9 Å². The number of carbonyl (C=O) groups is 2. The molecule has 0 heterocycles. The van der Waals surface area contributed by atoms with Crippen LogP contribution < -0.4 is 4.90 Å². The van der Waals surface area contributed by atoms with E-state index in [0.717, 1.165) is 4.90 Å². The van der Waals surface area contributed by atoms with Crippen LogP contribution >= 0.6 is 0 Å². The maximum atomic E-state index is 13.8. The van der Waals surface area contributed by atoms with Crippen LogP contribution in [0.1, 0.15) is 15.9 Å². The van der Waals surface area contributed by atoms with E-state index < -0.39 is 17.9 Å². The molecule has 0 aromatic heterocycles. The predicted molar refractivity (Wildman–Crippen MR) is 78.4 cm³/mol. The molecule has 2 aromatic rings. The van der Waals surface area contributed by atoms with Crippen LogP contribution in [-0.2, 0) is 11.3 Å². The number of nitrogens with zero attached hydrogens (tertiary/aromatic N) is 1. The Hall–Kier alpha value is -2.89. The first-order valence-corrected chi connectivity index (χ1v) is 6.45. The summed E-state index contributed by atoms with van der Waals surface area (Å²) in [6, 6.07) is 12.0. The minimum Gasteiger partial charge on any atom is -0.465 e. The first kappa shape index (κ1) is 15.5. The summed E-state index contributed by atoms with van der Waals surface area (Å²) in [6.45, 7) is -0.0822. The average molecular weight is 303 g/mol. The van der Waals surface area contributed by atoms with E-state index in [1.165, 1.54) is 31.4 Å². The molecule has 0 unspecified atom stereocenters. The fraction of sp³-hybridized carbons (Fsp3) is 0.125. The molecule has 6 heteroatoms. The molecule has 0 aliphatic heterocycles. The van der Waals surface area contributed by atoms with Crippen molar-refractivity contribution in [2.45, 2.75) is 6.54 Å². The van der Waals surface area contributed by atoms with Crippen LogP contribution in [-0.4, -0.2) is 24.3 Å². The molecule has 0 bridgehead atoms. The monoisotopic (exact) mass is 303 g/mol. The highest BCUT2D eigenvalue weighted by molar-refractivity contribution is 5.90. The van der Waals surface area contributed by atoms with Crippen LogP contribution in [0.25, 0.3) is 0 Å². The van der Waals surface area contributed by atoms with Crippen molar-refractivity contribution in [1.82, 2.24) is 0 Å². The molecule has 0 spiro atoms. The third-order valence-electron chi connectivity index (χ3n) is 3.06. The lowest BCUT2D eigenvalue weighted by Gasteiger charge is -2.20. The molecule has 0 fully saturated rings. The Kier molecular flexibility index (Phi) is 4.73. The Morgan fingerprint density at radius 2 is 1.91 bits per heavy atom. The number of methoxy groups -OCH3 is 1. The summed E-state index contributed by atoms with van der Waals surface area (Å²) in [5.41, 5.74) is 0.811. The molecule has 1 N–H and O–H groups in total. The zero-order valence-electron chi connectivity index (χ0n) is 11.8. The van der Waals surface area contributed by atoms with E-state index in [9.17, 15) is 19.1 Å². The normalized spacial score (nSPS) is 10.1. The van der Waals surface area contributed by atoms with Gasteiger partial charge < -0.3 is 9.84 Å². The van der Waals surface area contributed by atoms with E-state index in [2.05, 4.69) is 4.74 Å². The first-order valence-electron chi connectivity index (χ1n) is 6.45. The summed E-state index contributed by atoms with van der Waals surface area (Å²) < 4.78 is 18.4. The van der Waals surface area contributed by atoms with Gasteiger partial charge in [-0.25, -0.2) is 14.0 Å². The van der Waals surface area contributed by atoms with Crippen LogP contribution in [0, 0.1) is 5.82 Å². The summed E-state index contributed by atoms with van der Waals surface area (Å²) in [5, 5.41) is 9.30. The van der Waals surface area contributed by atoms with Crippen molar-refractivity contribution < 1.29 is 23.8 Å². The highest BCUT2D eigenvalue weighted by Crippen LogP contribution is 2.21. The maximum Gasteiger partial charge on any atom is 0.412 e. The summed E-state index contributed by atoms with van der Waals surface area (Å²) in [6.07, 6.45) is -1.28. The number of ether oxygens (including phenoxy) is 1. The van der Waals surface area contributed by atoms with Gasteiger partial charge in [-0.2, -0.15) is 0 Å². The molecule has 0 saturated carbocycles. The molecule has 0 saturated heterocycles.